The van der Waals surface area contributed by atoms with Gasteiger partial charge >= 0.3 is 5.97 Å². The van der Waals surface area contributed by atoms with Gasteiger partial charge in [0.15, 0.2) is 0 Å². The van der Waals surface area contributed by atoms with E-state index in [0.29, 0.717) is 21.0 Å². The molecule has 0 aliphatic carbocycles. The molecule has 0 saturated carbocycles. The Balaban J connectivity index is 1.86. The largest absolute Gasteiger partial charge is 0.478 e. The molecule has 7 nitrogen and oxygen atoms in total. The third-order valence-corrected chi connectivity index (χ3v) is 4.65. The maximum atomic E-state index is 12.6. The molecule has 2 N–H and O–H groups in total. The van der Waals surface area contributed by atoms with Gasteiger partial charge in [0.05, 0.1) is 16.5 Å². The molecular weight excluding hydrogens is 340 g/mol. The van der Waals surface area contributed by atoms with Crippen LogP contribution in [-0.4, -0.2) is 25.7 Å². The Morgan fingerprint density at radius 2 is 2.04 bits per heavy atom. The summed E-state index contributed by atoms with van der Waals surface area (Å²) in [6, 6.07) is 12.0. The molecule has 4 aromatic rings. The summed E-state index contributed by atoms with van der Waals surface area (Å²) in [7, 11) is 0. The third-order valence-electron chi connectivity index (χ3n) is 3.83. The number of hydrogen-bond acceptors (Lipinski definition) is 6. The Morgan fingerprint density at radius 3 is 2.80 bits per heavy atom. The van der Waals surface area contributed by atoms with E-state index in [9.17, 15) is 9.59 Å². The van der Waals surface area contributed by atoms with Gasteiger partial charge in [0.25, 0.3) is 5.56 Å². The summed E-state index contributed by atoms with van der Waals surface area (Å²) in [4.78, 5) is 28.5. The molecule has 0 aliphatic rings. The lowest BCUT2D eigenvalue weighted by atomic mass is 10.1. The number of hydrogen-bond donors (Lipinski definition) is 2. The first kappa shape index (κ1) is 15.3. The van der Waals surface area contributed by atoms with Crippen molar-refractivity contribution in [2.24, 2.45) is 0 Å². The Labute approximate surface area is 145 Å². The molecule has 0 atom stereocenters. The zero-order valence-corrected chi connectivity index (χ0v) is 13.9. The van der Waals surface area contributed by atoms with Crippen LogP contribution >= 0.6 is 11.3 Å². The van der Waals surface area contributed by atoms with Gasteiger partial charge in [0.1, 0.15) is 0 Å². The second-order valence-electron chi connectivity index (χ2n) is 5.50. The molecule has 124 valence electrons. The van der Waals surface area contributed by atoms with E-state index in [-0.39, 0.29) is 11.1 Å². The van der Waals surface area contributed by atoms with Crippen LogP contribution in [0.4, 0.5) is 10.8 Å². The minimum absolute atomic E-state index is 0.0894. The molecule has 0 spiro atoms. The van der Waals surface area contributed by atoms with E-state index in [0.717, 1.165) is 11.3 Å². The fourth-order valence-electron chi connectivity index (χ4n) is 2.52. The quantitative estimate of drug-likeness (QED) is 0.588. The fraction of sp³-hybridized carbons (Fsp3) is 0.0588. The molecule has 0 fully saturated rings. The average Bonchev–Trinajstić information content (AvgIpc) is 2.99. The number of nitrogens with one attached hydrogen (secondary N) is 1. The van der Waals surface area contributed by atoms with Gasteiger partial charge in [-0.3, -0.25) is 4.79 Å². The molecule has 0 amide bonds. The van der Waals surface area contributed by atoms with E-state index in [1.54, 1.807) is 0 Å². The summed E-state index contributed by atoms with van der Waals surface area (Å²) >= 11 is 1.23. The first-order valence-electron chi connectivity index (χ1n) is 7.42. The molecule has 0 aliphatic heterocycles. The van der Waals surface area contributed by atoms with Crippen LogP contribution < -0.4 is 10.9 Å². The number of para-hydroxylation sites is 1. The van der Waals surface area contributed by atoms with Crippen molar-refractivity contribution in [2.75, 3.05) is 5.32 Å². The molecule has 0 radical (unpaired) electrons. The smallest absolute Gasteiger partial charge is 0.335 e. The SMILES string of the molecule is Cc1ccccc1Nc1nn2c(=O)c3ccc(C(=O)O)cc3nc2s1. The Morgan fingerprint density at radius 1 is 1.24 bits per heavy atom. The first-order valence-corrected chi connectivity index (χ1v) is 8.24. The number of aryl methyl sites for hydroxylation is 1. The summed E-state index contributed by atoms with van der Waals surface area (Å²) in [5.74, 6) is -1.06. The highest BCUT2D eigenvalue weighted by Gasteiger charge is 2.13. The van der Waals surface area contributed by atoms with Gasteiger partial charge in [-0.1, -0.05) is 29.5 Å². The van der Waals surface area contributed by atoms with Crippen molar-refractivity contribution in [1.29, 1.82) is 0 Å². The number of carbonyl (C=O) groups is 1. The van der Waals surface area contributed by atoms with Crippen LogP contribution in [0.25, 0.3) is 15.9 Å². The van der Waals surface area contributed by atoms with Gasteiger partial charge in [0, 0.05) is 5.69 Å². The van der Waals surface area contributed by atoms with E-state index >= 15 is 0 Å². The zero-order valence-electron chi connectivity index (χ0n) is 13.1. The standard InChI is InChI=1S/C17H12N4O3S/c1-9-4-2-3-5-12(9)18-16-20-21-14(22)11-7-6-10(15(23)24)8-13(11)19-17(21)25-16/h2-8H,1H3,(H,18,20)(H,23,24). The molecule has 0 unspecified atom stereocenters. The van der Waals surface area contributed by atoms with Crippen molar-refractivity contribution in [3.05, 3.63) is 63.9 Å². The van der Waals surface area contributed by atoms with Crippen LogP contribution in [0.3, 0.4) is 0 Å². The van der Waals surface area contributed by atoms with Gasteiger partial charge in [-0.05, 0) is 36.8 Å². The second kappa shape index (κ2) is 5.67. The van der Waals surface area contributed by atoms with Crippen LogP contribution in [0, 0.1) is 6.92 Å². The number of carboxylic acids is 1. The Kier molecular flexibility index (Phi) is 3.47. The topological polar surface area (TPSA) is 96.6 Å². The van der Waals surface area contributed by atoms with Gasteiger partial charge in [-0.2, -0.15) is 4.52 Å². The normalized spacial score (nSPS) is 11.1. The van der Waals surface area contributed by atoms with Gasteiger partial charge in [-0.25, -0.2) is 9.78 Å². The van der Waals surface area contributed by atoms with Crippen molar-refractivity contribution in [1.82, 2.24) is 14.6 Å². The monoisotopic (exact) mass is 352 g/mol. The molecule has 4 rings (SSSR count). The van der Waals surface area contributed by atoms with Crippen LogP contribution in [0.2, 0.25) is 0 Å². The first-order chi connectivity index (χ1) is 12.0. The van der Waals surface area contributed by atoms with Crippen LogP contribution in [-0.2, 0) is 0 Å². The van der Waals surface area contributed by atoms with E-state index in [1.165, 1.54) is 34.1 Å². The van der Waals surface area contributed by atoms with Crippen molar-refractivity contribution >= 4 is 44.0 Å². The van der Waals surface area contributed by atoms with E-state index < -0.39 is 5.97 Å². The number of fused-ring (bicyclic) bond motifs is 2. The van der Waals surface area contributed by atoms with Gasteiger partial charge in [-0.15, -0.1) is 5.10 Å². The van der Waals surface area contributed by atoms with E-state index in [1.807, 2.05) is 31.2 Å². The third kappa shape index (κ3) is 2.62. The average molecular weight is 352 g/mol. The fourth-order valence-corrected chi connectivity index (χ4v) is 3.33. The van der Waals surface area contributed by atoms with Crippen LogP contribution in [0.5, 0.6) is 0 Å². The van der Waals surface area contributed by atoms with Crippen molar-refractivity contribution in [2.45, 2.75) is 6.92 Å². The lowest BCUT2D eigenvalue weighted by molar-refractivity contribution is 0.0697. The molecular formula is C17H12N4O3S. The molecule has 8 heteroatoms. The van der Waals surface area contributed by atoms with Gasteiger partial charge < -0.3 is 10.4 Å². The molecule has 25 heavy (non-hydrogen) atoms. The zero-order chi connectivity index (χ0) is 17.6. The second-order valence-corrected chi connectivity index (χ2v) is 6.45. The molecule has 0 bridgehead atoms. The number of rotatable bonds is 3. The van der Waals surface area contributed by atoms with Crippen molar-refractivity contribution in [3.8, 4) is 0 Å². The summed E-state index contributed by atoms with van der Waals surface area (Å²) in [5.41, 5.74) is 2.05. The predicted molar refractivity (Wildman–Crippen MR) is 96.1 cm³/mol. The maximum Gasteiger partial charge on any atom is 0.335 e. The van der Waals surface area contributed by atoms with E-state index in [4.69, 9.17) is 5.11 Å². The molecule has 2 aromatic heterocycles. The number of anilines is 2. The summed E-state index contributed by atoms with van der Waals surface area (Å²) in [6.07, 6.45) is 0. The lowest BCUT2D eigenvalue weighted by Crippen LogP contribution is -2.15. The van der Waals surface area contributed by atoms with Gasteiger partial charge in [0.2, 0.25) is 10.1 Å². The molecule has 2 heterocycles. The number of aromatic carboxylic acids is 1. The molecule has 0 saturated heterocycles. The Bertz CT molecular complexity index is 1200. The lowest BCUT2D eigenvalue weighted by Gasteiger charge is -2.04. The maximum absolute atomic E-state index is 12.6. The number of nitrogens with zero attached hydrogens (tertiary/aromatic N) is 3. The number of benzene rings is 2. The highest BCUT2D eigenvalue weighted by atomic mass is 32.1. The Hall–Kier alpha value is -3.26. The molecule has 2 aromatic carbocycles. The highest BCUT2D eigenvalue weighted by Crippen LogP contribution is 2.24. The summed E-state index contributed by atoms with van der Waals surface area (Å²) < 4.78 is 1.23. The number of aromatic nitrogens is 3. The summed E-state index contributed by atoms with van der Waals surface area (Å²) in [5, 5.41) is 17.4. The minimum Gasteiger partial charge on any atom is -0.478 e. The van der Waals surface area contributed by atoms with Crippen molar-refractivity contribution in [3.63, 3.8) is 0 Å². The van der Waals surface area contributed by atoms with E-state index in [2.05, 4.69) is 15.4 Å². The van der Waals surface area contributed by atoms with Crippen LogP contribution in [0.15, 0.2) is 47.3 Å². The minimum atomic E-state index is -1.06. The number of carboxylic acid groups (broad SMARTS) is 1. The van der Waals surface area contributed by atoms with Crippen LogP contribution in [0.1, 0.15) is 15.9 Å². The predicted octanol–water partition coefficient (Wildman–Crippen LogP) is 3.05. The highest BCUT2D eigenvalue weighted by molar-refractivity contribution is 7.20. The van der Waals surface area contributed by atoms with Crippen molar-refractivity contribution < 1.29 is 9.90 Å². The summed E-state index contributed by atoms with van der Waals surface area (Å²) in [6.45, 7) is 1.97.